The summed E-state index contributed by atoms with van der Waals surface area (Å²) in [6.07, 6.45) is 0.329. The maximum atomic E-state index is 13.5. The summed E-state index contributed by atoms with van der Waals surface area (Å²) >= 11 is 0. The first-order valence-electron chi connectivity index (χ1n) is 8.61. The van der Waals surface area contributed by atoms with Crippen LogP contribution in [-0.4, -0.2) is 30.3 Å². The molecule has 0 amide bonds. The van der Waals surface area contributed by atoms with Crippen molar-refractivity contribution < 1.29 is 18.3 Å². The molecule has 1 aliphatic heterocycles. The van der Waals surface area contributed by atoms with Crippen LogP contribution in [0.4, 0.5) is 0 Å². The zero-order valence-electron chi connectivity index (χ0n) is 15.2. The average Bonchev–Trinajstić information content (AvgIpc) is 2.53. The van der Waals surface area contributed by atoms with Gasteiger partial charge in [0.25, 0.3) is 0 Å². The number of carboxylic acid groups (broad SMARTS) is 1. The lowest BCUT2D eigenvalue weighted by molar-refractivity contribution is -0.138. The topological polar surface area (TPSA) is 74.7 Å². The first kappa shape index (κ1) is 18.6. The molecule has 0 spiro atoms. The highest BCUT2D eigenvalue weighted by Crippen LogP contribution is 2.37. The SMILES string of the molecule is Cc1cc(C)c(S(=O)(=O)N2CCc3ccccc3[C@@H]2CC(=O)O)c(C)c1. The Morgan fingerprint density at radius 2 is 1.77 bits per heavy atom. The van der Waals surface area contributed by atoms with Crippen molar-refractivity contribution in [3.05, 3.63) is 64.2 Å². The highest BCUT2D eigenvalue weighted by atomic mass is 32.2. The second kappa shape index (κ2) is 6.85. The summed E-state index contributed by atoms with van der Waals surface area (Å²) < 4.78 is 28.3. The highest BCUT2D eigenvalue weighted by molar-refractivity contribution is 7.89. The molecule has 0 saturated carbocycles. The van der Waals surface area contributed by atoms with Gasteiger partial charge in [0.1, 0.15) is 0 Å². The fraction of sp³-hybridized carbons (Fsp3) is 0.350. The molecule has 1 N–H and O–H groups in total. The van der Waals surface area contributed by atoms with Gasteiger partial charge in [-0.3, -0.25) is 4.79 Å². The summed E-state index contributed by atoms with van der Waals surface area (Å²) in [6.45, 7) is 5.79. The molecule has 26 heavy (non-hydrogen) atoms. The fourth-order valence-electron chi connectivity index (χ4n) is 3.98. The predicted octanol–water partition coefficient (Wildman–Crippen LogP) is 3.37. The monoisotopic (exact) mass is 373 g/mol. The molecule has 0 saturated heterocycles. The van der Waals surface area contributed by atoms with E-state index < -0.39 is 22.0 Å². The molecule has 0 radical (unpaired) electrons. The molecule has 1 heterocycles. The fourth-order valence-corrected chi connectivity index (χ4v) is 6.01. The van der Waals surface area contributed by atoms with E-state index in [2.05, 4.69) is 0 Å². The predicted molar refractivity (Wildman–Crippen MR) is 99.7 cm³/mol. The van der Waals surface area contributed by atoms with Crippen LogP contribution in [0.5, 0.6) is 0 Å². The van der Waals surface area contributed by atoms with Gasteiger partial charge in [-0.2, -0.15) is 4.31 Å². The number of nitrogens with zero attached hydrogens (tertiary/aromatic N) is 1. The molecule has 2 aromatic carbocycles. The molecule has 0 aromatic heterocycles. The lowest BCUT2D eigenvalue weighted by Crippen LogP contribution is -2.41. The number of benzene rings is 2. The van der Waals surface area contributed by atoms with Crippen LogP contribution in [0.1, 0.15) is 40.3 Å². The number of aliphatic carboxylic acids is 1. The summed E-state index contributed by atoms with van der Waals surface area (Å²) in [4.78, 5) is 11.7. The minimum absolute atomic E-state index is 0.250. The van der Waals surface area contributed by atoms with Crippen LogP contribution < -0.4 is 0 Å². The Morgan fingerprint density at radius 1 is 1.15 bits per heavy atom. The van der Waals surface area contributed by atoms with E-state index >= 15 is 0 Å². The number of carbonyl (C=O) groups is 1. The van der Waals surface area contributed by atoms with E-state index in [1.165, 1.54) is 4.31 Å². The van der Waals surface area contributed by atoms with E-state index in [9.17, 15) is 18.3 Å². The molecule has 5 nitrogen and oxygen atoms in total. The van der Waals surface area contributed by atoms with Gasteiger partial charge in [-0.25, -0.2) is 8.42 Å². The van der Waals surface area contributed by atoms with Crippen LogP contribution in [0.3, 0.4) is 0 Å². The lowest BCUT2D eigenvalue weighted by atomic mass is 9.92. The highest BCUT2D eigenvalue weighted by Gasteiger charge is 2.38. The van der Waals surface area contributed by atoms with Crippen LogP contribution in [0.25, 0.3) is 0 Å². The van der Waals surface area contributed by atoms with Crippen LogP contribution >= 0.6 is 0 Å². The van der Waals surface area contributed by atoms with Gasteiger partial charge in [-0.05, 0) is 49.4 Å². The summed E-state index contributed by atoms with van der Waals surface area (Å²) in [5.74, 6) is -1.01. The number of rotatable bonds is 4. The van der Waals surface area contributed by atoms with E-state index in [-0.39, 0.29) is 17.9 Å². The first-order chi connectivity index (χ1) is 12.2. The Bertz CT molecular complexity index is 943. The molecule has 138 valence electrons. The van der Waals surface area contributed by atoms with Crippen LogP contribution in [0, 0.1) is 20.8 Å². The normalized spacial score (nSPS) is 17.7. The van der Waals surface area contributed by atoms with Crippen molar-refractivity contribution in [1.29, 1.82) is 0 Å². The average molecular weight is 373 g/mol. The van der Waals surface area contributed by atoms with Crippen molar-refractivity contribution in [2.24, 2.45) is 0 Å². The van der Waals surface area contributed by atoms with E-state index in [1.807, 2.05) is 43.3 Å². The second-order valence-corrected chi connectivity index (χ2v) is 8.73. The molecule has 0 unspecified atom stereocenters. The summed E-state index contributed by atoms with van der Waals surface area (Å²) in [7, 11) is -3.81. The Kier molecular flexibility index (Phi) is 4.90. The zero-order valence-corrected chi connectivity index (χ0v) is 16.0. The van der Waals surface area contributed by atoms with E-state index in [0.717, 1.165) is 16.7 Å². The van der Waals surface area contributed by atoms with Gasteiger partial charge in [0, 0.05) is 6.54 Å². The Balaban J connectivity index is 2.14. The van der Waals surface area contributed by atoms with E-state index in [0.29, 0.717) is 17.5 Å². The zero-order chi connectivity index (χ0) is 19.1. The Hall–Kier alpha value is -2.18. The van der Waals surface area contributed by atoms with E-state index in [1.54, 1.807) is 13.8 Å². The van der Waals surface area contributed by atoms with Gasteiger partial charge in [-0.1, -0.05) is 42.0 Å². The maximum absolute atomic E-state index is 13.5. The number of carboxylic acids is 1. The van der Waals surface area contributed by atoms with Crippen molar-refractivity contribution >= 4 is 16.0 Å². The van der Waals surface area contributed by atoms with Crippen LogP contribution in [0.2, 0.25) is 0 Å². The largest absolute Gasteiger partial charge is 0.481 e. The van der Waals surface area contributed by atoms with Crippen molar-refractivity contribution in [2.45, 2.75) is 44.6 Å². The van der Waals surface area contributed by atoms with Gasteiger partial charge in [0.2, 0.25) is 10.0 Å². The third kappa shape index (κ3) is 3.27. The van der Waals surface area contributed by atoms with Crippen molar-refractivity contribution in [2.75, 3.05) is 6.54 Å². The van der Waals surface area contributed by atoms with Gasteiger partial charge < -0.3 is 5.11 Å². The number of fused-ring (bicyclic) bond motifs is 1. The minimum Gasteiger partial charge on any atom is -0.481 e. The number of hydrogen-bond acceptors (Lipinski definition) is 3. The molecule has 3 rings (SSSR count). The third-order valence-electron chi connectivity index (χ3n) is 4.90. The molecule has 0 bridgehead atoms. The summed E-state index contributed by atoms with van der Waals surface area (Å²) in [5.41, 5.74) is 4.19. The Morgan fingerprint density at radius 3 is 2.38 bits per heavy atom. The van der Waals surface area contributed by atoms with E-state index in [4.69, 9.17) is 0 Å². The van der Waals surface area contributed by atoms with Crippen molar-refractivity contribution in [3.63, 3.8) is 0 Å². The number of sulfonamides is 1. The van der Waals surface area contributed by atoms with Crippen molar-refractivity contribution in [3.8, 4) is 0 Å². The molecule has 1 atom stereocenters. The maximum Gasteiger partial charge on any atom is 0.305 e. The van der Waals surface area contributed by atoms with Crippen LogP contribution in [0.15, 0.2) is 41.3 Å². The molecule has 1 aliphatic rings. The standard InChI is InChI=1S/C20H23NO4S/c1-13-10-14(2)20(15(3)11-13)26(24,25)21-9-8-16-6-4-5-7-17(16)18(21)12-19(22)23/h4-7,10-11,18H,8-9,12H2,1-3H3,(H,22,23)/t18-/m0/s1. The molecule has 2 aromatic rings. The van der Waals surface area contributed by atoms with Gasteiger partial charge >= 0.3 is 5.97 Å². The lowest BCUT2D eigenvalue weighted by Gasteiger charge is -2.36. The first-order valence-corrected chi connectivity index (χ1v) is 10.0. The molecule has 0 fully saturated rings. The third-order valence-corrected chi connectivity index (χ3v) is 7.12. The van der Waals surface area contributed by atoms with Crippen LogP contribution in [-0.2, 0) is 21.2 Å². The smallest absolute Gasteiger partial charge is 0.305 e. The summed E-state index contributed by atoms with van der Waals surface area (Å²) in [6, 6.07) is 10.5. The minimum atomic E-state index is -3.81. The summed E-state index contributed by atoms with van der Waals surface area (Å²) in [5, 5.41) is 9.37. The quantitative estimate of drug-likeness (QED) is 0.892. The second-order valence-electron chi connectivity index (χ2n) is 6.91. The molecule has 6 heteroatoms. The number of hydrogen-bond donors (Lipinski definition) is 1. The van der Waals surface area contributed by atoms with Crippen molar-refractivity contribution in [1.82, 2.24) is 4.31 Å². The van der Waals surface area contributed by atoms with Gasteiger partial charge in [0.05, 0.1) is 17.4 Å². The Labute approximate surface area is 154 Å². The molecular formula is C20H23NO4S. The van der Waals surface area contributed by atoms with Gasteiger partial charge in [0.15, 0.2) is 0 Å². The number of aryl methyl sites for hydroxylation is 3. The molecular weight excluding hydrogens is 350 g/mol. The van der Waals surface area contributed by atoms with Gasteiger partial charge in [-0.15, -0.1) is 0 Å². The molecule has 0 aliphatic carbocycles.